The molecule has 34 heavy (non-hydrogen) atoms. The molecule has 0 aliphatic carbocycles. The van der Waals surface area contributed by atoms with Crippen LogP contribution in [0.3, 0.4) is 0 Å². The minimum atomic E-state index is -5.35. The van der Waals surface area contributed by atoms with Gasteiger partial charge in [-0.15, -0.1) is 0 Å². The van der Waals surface area contributed by atoms with E-state index in [1.807, 2.05) is 6.07 Å². The molecule has 1 unspecified atom stereocenters. The van der Waals surface area contributed by atoms with E-state index in [1.165, 1.54) is 25.1 Å². The van der Waals surface area contributed by atoms with Crippen molar-refractivity contribution >= 4 is 29.3 Å². The lowest BCUT2D eigenvalue weighted by atomic mass is 9.97. The maximum absolute atomic E-state index is 13.1. The lowest BCUT2D eigenvalue weighted by molar-refractivity contribution is -0.173. The van der Waals surface area contributed by atoms with E-state index in [4.69, 9.17) is 10.5 Å². The molecule has 0 bridgehead atoms. The number of ketones is 1. The highest BCUT2D eigenvalue weighted by Crippen LogP contribution is 2.39. The summed E-state index contributed by atoms with van der Waals surface area (Å²) in [7, 11) is 0. The Labute approximate surface area is 196 Å². The predicted molar refractivity (Wildman–Crippen MR) is 117 cm³/mol. The molecular formula is C22H17F3N4O4S. The molecule has 8 nitrogen and oxygen atoms in total. The Morgan fingerprint density at radius 1 is 1.24 bits per heavy atom. The van der Waals surface area contributed by atoms with Crippen LogP contribution < -0.4 is 10.5 Å². The molecule has 0 aliphatic heterocycles. The SMILES string of the molecule is C=CCOc1ccc(-c2c(C#N)c(N)nc(SC(C(=O)OCC)C(=O)C(F)(F)F)c2C#N)cc1. The van der Waals surface area contributed by atoms with Crippen molar-refractivity contribution in [2.45, 2.75) is 23.4 Å². The first-order valence-corrected chi connectivity index (χ1v) is 10.4. The third-order valence-corrected chi connectivity index (χ3v) is 5.34. The summed E-state index contributed by atoms with van der Waals surface area (Å²) in [6, 6.07) is 9.71. The number of alkyl halides is 3. The van der Waals surface area contributed by atoms with E-state index in [-0.39, 0.29) is 41.7 Å². The van der Waals surface area contributed by atoms with Gasteiger partial charge in [0, 0.05) is 5.56 Å². The number of Topliss-reactive ketones (excluding diaryl/α,β-unsaturated/α-hetero) is 1. The normalized spacial score (nSPS) is 11.6. The van der Waals surface area contributed by atoms with Crippen LogP contribution in [-0.4, -0.2) is 41.4 Å². The fraction of sp³-hybridized carbons (Fsp3) is 0.227. The summed E-state index contributed by atoms with van der Waals surface area (Å²) in [5.74, 6) is -3.77. The topological polar surface area (TPSA) is 139 Å². The minimum absolute atomic E-state index is 0.0164. The molecule has 1 aromatic carbocycles. The van der Waals surface area contributed by atoms with Crippen molar-refractivity contribution < 1.29 is 32.2 Å². The number of esters is 1. The first kappa shape index (κ1) is 26.2. The van der Waals surface area contributed by atoms with Gasteiger partial charge >= 0.3 is 12.1 Å². The average Bonchev–Trinajstić information content (AvgIpc) is 2.80. The number of carbonyl (C=O) groups excluding carboxylic acids is 2. The number of carbonyl (C=O) groups is 2. The average molecular weight is 490 g/mol. The quantitative estimate of drug-likeness (QED) is 0.241. The molecule has 0 spiro atoms. The molecule has 0 fully saturated rings. The molecule has 2 N–H and O–H groups in total. The molecule has 0 amide bonds. The summed E-state index contributed by atoms with van der Waals surface area (Å²) in [4.78, 5) is 27.9. The second-order valence-corrected chi connectivity index (χ2v) is 7.48. The highest BCUT2D eigenvalue weighted by molar-refractivity contribution is 8.01. The second kappa shape index (κ2) is 11.2. The van der Waals surface area contributed by atoms with Crippen LogP contribution >= 0.6 is 11.8 Å². The van der Waals surface area contributed by atoms with Gasteiger partial charge in [-0.3, -0.25) is 9.59 Å². The number of nitrogens with two attached hydrogens (primary N) is 1. The highest BCUT2D eigenvalue weighted by Gasteiger charge is 2.48. The Bertz CT molecular complexity index is 1190. The van der Waals surface area contributed by atoms with Crippen molar-refractivity contribution in [1.29, 1.82) is 10.5 Å². The zero-order valence-electron chi connectivity index (χ0n) is 17.7. The van der Waals surface area contributed by atoms with E-state index >= 15 is 0 Å². The largest absolute Gasteiger partial charge is 0.490 e. The third-order valence-electron chi connectivity index (χ3n) is 4.17. The number of nitrogen functional groups attached to an aromatic ring is 1. The maximum Gasteiger partial charge on any atom is 0.451 e. The van der Waals surface area contributed by atoms with E-state index in [9.17, 15) is 33.3 Å². The lowest BCUT2D eigenvalue weighted by Crippen LogP contribution is -2.38. The number of benzene rings is 1. The number of anilines is 1. The summed E-state index contributed by atoms with van der Waals surface area (Å²) in [6.45, 7) is 4.85. The van der Waals surface area contributed by atoms with E-state index in [0.29, 0.717) is 11.3 Å². The molecule has 2 aromatic rings. The van der Waals surface area contributed by atoms with Crippen LogP contribution in [0.1, 0.15) is 18.1 Å². The molecule has 0 aliphatic rings. The van der Waals surface area contributed by atoms with E-state index in [1.54, 1.807) is 18.2 Å². The molecule has 2 rings (SSSR count). The Kier molecular flexibility index (Phi) is 8.64. The molecular weight excluding hydrogens is 473 g/mol. The molecule has 0 saturated carbocycles. The van der Waals surface area contributed by atoms with Crippen LogP contribution in [0.25, 0.3) is 11.1 Å². The van der Waals surface area contributed by atoms with Crippen molar-refractivity contribution in [3.63, 3.8) is 0 Å². The van der Waals surface area contributed by atoms with Gasteiger partial charge in [0.1, 0.15) is 40.9 Å². The maximum atomic E-state index is 13.1. The Balaban J connectivity index is 2.66. The molecule has 176 valence electrons. The number of halogens is 3. The fourth-order valence-corrected chi connectivity index (χ4v) is 3.78. The van der Waals surface area contributed by atoms with Crippen molar-refractivity contribution in [2.24, 2.45) is 0 Å². The number of thioether (sulfide) groups is 1. The predicted octanol–water partition coefficient (Wildman–Crippen LogP) is 3.79. The van der Waals surface area contributed by atoms with Crippen molar-refractivity contribution in [2.75, 3.05) is 18.9 Å². The van der Waals surface area contributed by atoms with Gasteiger partial charge in [-0.1, -0.05) is 36.5 Å². The van der Waals surface area contributed by atoms with Gasteiger partial charge in [0.2, 0.25) is 0 Å². The Morgan fingerprint density at radius 2 is 1.85 bits per heavy atom. The van der Waals surface area contributed by atoms with Crippen molar-refractivity contribution in [1.82, 2.24) is 4.98 Å². The Morgan fingerprint density at radius 3 is 2.35 bits per heavy atom. The number of hydrogen-bond donors (Lipinski definition) is 1. The lowest BCUT2D eigenvalue weighted by Gasteiger charge is -2.18. The van der Waals surface area contributed by atoms with Crippen molar-refractivity contribution in [3.8, 4) is 29.0 Å². The van der Waals surface area contributed by atoms with Crippen LogP contribution in [-0.2, 0) is 14.3 Å². The van der Waals surface area contributed by atoms with Crippen LogP contribution in [0.15, 0.2) is 41.9 Å². The smallest absolute Gasteiger partial charge is 0.451 e. The van der Waals surface area contributed by atoms with Gasteiger partial charge in [-0.05, 0) is 24.6 Å². The summed E-state index contributed by atoms with van der Waals surface area (Å²) in [5, 5.41) is 16.5. The fourth-order valence-electron chi connectivity index (χ4n) is 2.73. The Hall–Kier alpha value is -4.03. The molecule has 1 atom stereocenters. The van der Waals surface area contributed by atoms with Crippen LogP contribution in [0, 0.1) is 22.7 Å². The summed E-state index contributed by atoms with van der Waals surface area (Å²) in [6.07, 6.45) is -3.82. The van der Waals surface area contributed by atoms with E-state index < -0.39 is 34.0 Å². The number of aromatic nitrogens is 1. The molecule has 0 saturated heterocycles. The third kappa shape index (κ3) is 5.85. The summed E-state index contributed by atoms with van der Waals surface area (Å²) >= 11 is 0.0765. The van der Waals surface area contributed by atoms with Gasteiger partial charge in [-0.2, -0.15) is 23.7 Å². The van der Waals surface area contributed by atoms with Crippen LogP contribution in [0.4, 0.5) is 19.0 Å². The first-order valence-electron chi connectivity index (χ1n) is 9.51. The zero-order chi connectivity index (χ0) is 25.5. The zero-order valence-corrected chi connectivity index (χ0v) is 18.5. The first-order chi connectivity index (χ1) is 16.1. The second-order valence-electron chi connectivity index (χ2n) is 6.39. The van der Waals surface area contributed by atoms with Gasteiger partial charge < -0.3 is 15.2 Å². The molecule has 1 aromatic heterocycles. The number of rotatable bonds is 9. The summed E-state index contributed by atoms with van der Waals surface area (Å²) in [5.41, 5.74) is 5.61. The van der Waals surface area contributed by atoms with Crippen molar-refractivity contribution in [3.05, 3.63) is 48.0 Å². The van der Waals surface area contributed by atoms with E-state index in [0.717, 1.165) is 0 Å². The van der Waals surface area contributed by atoms with Gasteiger partial charge in [0.05, 0.1) is 12.2 Å². The van der Waals surface area contributed by atoms with Gasteiger partial charge in [0.25, 0.3) is 5.78 Å². The monoisotopic (exact) mass is 490 g/mol. The number of nitrogens with zero attached hydrogens (tertiary/aromatic N) is 3. The number of pyridine rings is 1. The van der Waals surface area contributed by atoms with Crippen LogP contribution in [0.5, 0.6) is 5.75 Å². The minimum Gasteiger partial charge on any atom is -0.490 e. The van der Waals surface area contributed by atoms with E-state index in [2.05, 4.69) is 16.3 Å². The van der Waals surface area contributed by atoms with Gasteiger partial charge in [0.15, 0.2) is 5.25 Å². The number of ether oxygens (including phenoxy) is 2. The number of hydrogen-bond acceptors (Lipinski definition) is 9. The number of nitriles is 2. The highest BCUT2D eigenvalue weighted by atomic mass is 32.2. The van der Waals surface area contributed by atoms with Gasteiger partial charge in [-0.25, -0.2) is 4.98 Å². The summed E-state index contributed by atoms with van der Waals surface area (Å²) < 4.78 is 49.3. The molecule has 12 heteroatoms. The molecule has 0 radical (unpaired) electrons. The van der Waals surface area contributed by atoms with Crippen LogP contribution in [0.2, 0.25) is 0 Å². The standard InChI is InChI=1S/C22H17F3N4O4S/c1-3-9-33-13-7-5-12(6-8-13)16-14(10-26)19(28)29-20(15(16)11-27)34-17(21(31)32-4-2)18(30)22(23,24)25/h3,5-8,17H,1,4,9H2,2H3,(H2,28,29). The molecule has 1 heterocycles.